The van der Waals surface area contributed by atoms with E-state index in [0.29, 0.717) is 18.7 Å². The fraction of sp³-hybridized carbons (Fsp3) is 0.538. The van der Waals surface area contributed by atoms with Crippen molar-refractivity contribution in [1.29, 1.82) is 0 Å². The molecule has 0 unspecified atom stereocenters. The van der Waals surface area contributed by atoms with Gasteiger partial charge in [-0.05, 0) is 12.5 Å². The van der Waals surface area contributed by atoms with Gasteiger partial charge in [0.15, 0.2) is 0 Å². The number of methoxy groups -OCH3 is 1. The summed E-state index contributed by atoms with van der Waals surface area (Å²) in [6, 6.07) is 1.83. The van der Waals surface area contributed by atoms with Crippen LogP contribution in [0.25, 0.3) is 0 Å². The van der Waals surface area contributed by atoms with Crippen molar-refractivity contribution in [2.24, 2.45) is 0 Å². The molecule has 0 aromatic carbocycles. The van der Waals surface area contributed by atoms with E-state index in [0.717, 1.165) is 18.7 Å². The fourth-order valence-corrected chi connectivity index (χ4v) is 1.51. The van der Waals surface area contributed by atoms with E-state index in [1.54, 1.807) is 31.5 Å². The number of amides is 1. The van der Waals surface area contributed by atoms with E-state index in [4.69, 9.17) is 4.74 Å². The summed E-state index contributed by atoms with van der Waals surface area (Å²) < 4.78 is 4.97. The van der Waals surface area contributed by atoms with Crippen LogP contribution in [0.15, 0.2) is 18.5 Å². The van der Waals surface area contributed by atoms with Crippen molar-refractivity contribution in [1.82, 2.24) is 9.88 Å². The van der Waals surface area contributed by atoms with E-state index in [1.165, 1.54) is 0 Å². The summed E-state index contributed by atoms with van der Waals surface area (Å²) >= 11 is 0. The van der Waals surface area contributed by atoms with Crippen LogP contribution in [0.2, 0.25) is 0 Å². The average Bonchev–Trinajstić information content (AvgIpc) is 2.42. The topological polar surface area (TPSA) is 54.5 Å². The van der Waals surface area contributed by atoms with E-state index in [-0.39, 0.29) is 5.91 Å². The van der Waals surface area contributed by atoms with Crippen molar-refractivity contribution in [3.05, 3.63) is 24.0 Å². The van der Waals surface area contributed by atoms with Gasteiger partial charge in [-0.2, -0.15) is 0 Å². The number of anilines is 1. The third kappa shape index (κ3) is 4.00. The van der Waals surface area contributed by atoms with Gasteiger partial charge in [0.05, 0.1) is 17.9 Å². The van der Waals surface area contributed by atoms with Crippen molar-refractivity contribution >= 4 is 11.6 Å². The summed E-state index contributed by atoms with van der Waals surface area (Å²) in [5.74, 6) is -0.0428. The Labute approximate surface area is 108 Å². The Morgan fingerprint density at radius 2 is 2.33 bits per heavy atom. The van der Waals surface area contributed by atoms with Crippen LogP contribution in [0.5, 0.6) is 0 Å². The number of carbonyl (C=O) groups excluding carboxylic acids is 1. The number of hydrogen-bond donors (Lipinski definition) is 1. The number of carbonyl (C=O) groups is 1. The number of nitrogens with one attached hydrogen (secondary N) is 1. The first-order chi connectivity index (χ1) is 8.70. The summed E-state index contributed by atoms with van der Waals surface area (Å²) in [5, 5.41) is 3.24. The molecule has 0 bridgehead atoms. The van der Waals surface area contributed by atoms with E-state index in [9.17, 15) is 4.79 Å². The molecule has 0 aliphatic carbocycles. The molecule has 0 radical (unpaired) electrons. The molecule has 1 aromatic rings. The molecule has 0 aliphatic heterocycles. The summed E-state index contributed by atoms with van der Waals surface area (Å²) in [7, 11) is 3.38. The second kappa shape index (κ2) is 7.66. The van der Waals surface area contributed by atoms with E-state index >= 15 is 0 Å². The predicted octanol–water partition coefficient (Wildman–Crippen LogP) is 1.62. The van der Waals surface area contributed by atoms with E-state index < -0.39 is 0 Å². The molecule has 0 spiro atoms. The van der Waals surface area contributed by atoms with Gasteiger partial charge >= 0.3 is 0 Å². The molecule has 1 aromatic heterocycles. The quantitative estimate of drug-likeness (QED) is 0.800. The molecule has 0 atom stereocenters. The molecule has 100 valence electrons. The maximum Gasteiger partial charge on any atom is 0.257 e. The Balaban J connectivity index is 2.77. The number of pyridine rings is 1. The van der Waals surface area contributed by atoms with Crippen LogP contribution in [0.3, 0.4) is 0 Å². The molecular weight excluding hydrogens is 230 g/mol. The summed E-state index contributed by atoms with van der Waals surface area (Å²) in [6.07, 6.45) is 4.29. The molecular formula is C13H21N3O2. The second-order valence-corrected chi connectivity index (χ2v) is 4.07. The molecule has 1 amide bonds. The lowest BCUT2D eigenvalue weighted by molar-refractivity contribution is 0.0745. The molecule has 0 aliphatic rings. The zero-order chi connectivity index (χ0) is 13.4. The van der Waals surface area contributed by atoms with Crippen molar-refractivity contribution in [3.8, 4) is 0 Å². The highest BCUT2D eigenvalue weighted by Gasteiger charge is 2.15. The monoisotopic (exact) mass is 251 g/mol. The Morgan fingerprint density at radius 1 is 1.56 bits per heavy atom. The van der Waals surface area contributed by atoms with Crippen LogP contribution in [-0.4, -0.2) is 49.6 Å². The first-order valence-electron chi connectivity index (χ1n) is 6.13. The van der Waals surface area contributed by atoms with Gasteiger partial charge in [-0.3, -0.25) is 9.78 Å². The van der Waals surface area contributed by atoms with Crippen molar-refractivity contribution in [3.63, 3.8) is 0 Å². The number of hydrogen-bond acceptors (Lipinski definition) is 4. The fourth-order valence-electron chi connectivity index (χ4n) is 1.51. The zero-order valence-corrected chi connectivity index (χ0v) is 11.3. The lowest BCUT2D eigenvalue weighted by Gasteiger charge is -2.18. The first-order valence-corrected chi connectivity index (χ1v) is 6.13. The number of likely N-dealkylation sites (N-methyl/N-ethyl adjacent to an activating group) is 1. The van der Waals surface area contributed by atoms with Crippen LogP contribution >= 0.6 is 0 Å². The average molecular weight is 251 g/mol. The highest BCUT2D eigenvalue weighted by Crippen LogP contribution is 2.15. The van der Waals surface area contributed by atoms with Gasteiger partial charge in [-0.25, -0.2) is 0 Å². The third-order valence-electron chi connectivity index (χ3n) is 2.59. The Bertz CT molecular complexity index is 382. The highest BCUT2D eigenvalue weighted by molar-refractivity contribution is 5.99. The standard InChI is InChI=1S/C13H21N3O2/c1-4-6-15-12-5-7-14-10-11(12)13(17)16(2)8-9-18-3/h5,7,10H,4,6,8-9H2,1-3H3,(H,14,15). The normalized spacial score (nSPS) is 10.2. The predicted molar refractivity (Wildman–Crippen MR) is 71.9 cm³/mol. The lowest BCUT2D eigenvalue weighted by atomic mass is 10.2. The second-order valence-electron chi connectivity index (χ2n) is 4.07. The summed E-state index contributed by atoms with van der Waals surface area (Å²) in [5.41, 5.74) is 1.44. The number of aromatic nitrogens is 1. The highest BCUT2D eigenvalue weighted by atomic mass is 16.5. The smallest absolute Gasteiger partial charge is 0.257 e. The maximum atomic E-state index is 12.2. The lowest BCUT2D eigenvalue weighted by Crippen LogP contribution is -2.30. The molecule has 0 fully saturated rings. The van der Waals surface area contributed by atoms with Crippen molar-refractivity contribution in [2.45, 2.75) is 13.3 Å². The van der Waals surface area contributed by atoms with Crippen molar-refractivity contribution in [2.75, 3.05) is 39.2 Å². The van der Waals surface area contributed by atoms with Gasteiger partial charge in [-0.1, -0.05) is 6.92 Å². The van der Waals surface area contributed by atoms with Crippen LogP contribution in [-0.2, 0) is 4.74 Å². The minimum Gasteiger partial charge on any atom is -0.384 e. The van der Waals surface area contributed by atoms with Crippen LogP contribution in [0, 0.1) is 0 Å². The van der Waals surface area contributed by atoms with Gasteiger partial charge in [-0.15, -0.1) is 0 Å². The van der Waals surface area contributed by atoms with Gasteiger partial charge < -0.3 is 15.0 Å². The molecule has 1 N–H and O–H groups in total. The molecule has 1 rings (SSSR count). The third-order valence-corrected chi connectivity index (χ3v) is 2.59. The first kappa shape index (κ1) is 14.4. The summed E-state index contributed by atoms with van der Waals surface area (Å²) in [4.78, 5) is 17.9. The van der Waals surface area contributed by atoms with Crippen molar-refractivity contribution < 1.29 is 9.53 Å². The van der Waals surface area contributed by atoms with E-state index in [1.807, 2.05) is 6.07 Å². The molecule has 5 nitrogen and oxygen atoms in total. The molecule has 0 saturated carbocycles. The van der Waals surface area contributed by atoms with Crippen LogP contribution in [0.1, 0.15) is 23.7 Å². The summed E-state index contributed by atoms with van der Waals surface area (Å²) in [6.45, 7) is 4.02. The molecule has 1 heterocycles. The minimum absolute atomic E-state index is 0.0428. The zero-order valence-electron chi connectivity index (χ0n) is 11.3. The number of ether oxygens (including phenoxy) is 1. The maximum absolute atomic E-state index is 12.2. The van der Waals surface area contributed by atoms with E-state index in [2.05, 4.69) is 17.2 Å². The van der Waals surface area contributed by atoms with Gasteiger partial charge in [0.1, 0.15) is 0 Å². The van der Waals surface area contributed by atoms with Gasteiger partial charge in [0.2, 0.25) is 0 Å². The van der Waals surface area contributed by atoms with Gasteiger partial charge in [0.25, 0.3) is 5.91 Å². The largest absolute Gasteiger partial charge is 0.384 e. The Morgan fingerprint density at radius 3 is 3.00 bits per heavy atom. The Hall–Kier alpha value is -1.62. The number of nitrogens with zero attached hydrogens (tertiary/aromatic N) is 2. The van der Waals surface area contributed by atoms with Crippen LogP contribution < -0.4 is 5.32 Å². The Kier molecular flexibility index (Phi) is 6.14. The van der Waals surface area contributed by atoms with Gasteiger partial charge in [0, 0.05) is 39.6 Å². The number of rotatable bonds is 7. The molecule has 0 saturated heterocycles. The minimum atomic E-state index is -0.0428. The SMILES string of the molecule is CCCNc1ccncc1C(=O)N(C)CCOC. The van der Waals surface area contributed by atoms with Crippen LogP contribution in [0.4, 0.5) is 5.69 Å². The molecule has 18 heavy (non-hydrogen) atoms. The molecule has 5 heteroatoms.